The summed E-state index contributed by atoms with van der Waals surface area (Å²) in [6.45, 7) is 2.04. The highest BCUT2D eigenvalue weighted by atomic mass is 32.1. The summed E-state index contributed by atoms with van der Waals surface area (Å²) in [4.78, 5) is 25.7. The molecule has 0 radical (unpaired) electrons. The molecule has 4 nitrogen and oxygen atoms in total. The number of esters is 1. The minimum Gasteiger partial charge on any atom is -0.462 e. The lowest BCUT2D eigenvalue weighted by molar-refractivity contribution is -0.111. The molecule has 0 aliphatic rings. The summed E-state index contributed by atoms with van der Waals surface area (Å²) in [7, 11) is 0. The summed E-state index contributed by atoms with van der Waals surface area (Å²) in [5, 5.41) is 7.11. The molecule has 1 amide bonds. The lowest BCUT2D eigenvalue weighted by atomic mass is 10.1. The summed E-state index contributed by atoms with van der Waals surface area (Å²) in [5.74, 6) is -0.724. The normalized spacial score (nSPS) is 10.8. The fourth-order valence-electron chi connectivity index (χ4n) is 2.36. The Balaban J connectivity index is 1.84. The van der Waals surface area contributed by atoms with E-state index in [1.54, 1.807) is 13.0 Å². The van der Waals surface area contributed by atoms with Crippen molar-refractivity contribution < 1.29 is 14.3 Å². The second-order valence-electron chi connectivity index (χ2n) is 5.28. The van der Waals surface area contributed by atoms with Gasteiger partial charge in [0.1, 0.15) is 10.6 Å². The topological polar surface area (TPSA) is 55.4 Å². The van der Waals surface area contributed by atoms with Crippen LogP contribution < -0.4 is 5.32 Å². The van der Waals surface area contributed by atoms with Crippen LogP contribution in [0.4, 0.5) is 5.00 Å². The first-order valence-electron chi connectivity index (χ1n) is 8.05. The molecule has 0 atom stereocenters. The Hall–Kier alpha value is -2.70. The molecule has 0 fully saturated rings. The van der Waals surface area contributed by atoms with Crippen molar-refractivity contribution in [2.24, 2.45) is 0 Å². The summed E-state index contributed by atoms with van der Waals surface area (Å²) in [6, 6.07) is 13.4. The van der Waals surface area contributed by atoms with E-state index in [9.17, 15) is 9.59 Å². The predicted octanol–water partition coefficient (Wildman–Crippen LogP) is 5.31. The molecule has 6 heteroatoms. The number of carbonyl (C=O) groups excluding carboxylic acids is 2. The zero-order valence-corrected chi connectivity index (χ0v) is 15.7. The third-order valence-electron chi connectivity index (χ3n) is 3.52. The first kappa shape index (κ1) is 18.1. The van der Waals surface area contributed by atoms with Crippen molar-refractivity contribution in [1.29, 1.82) is 0 Å². The van der Waals surface area contributed by atoms with Crippen molar-refractivity contribution >= 4 is 45.6 Å². The van der Waals surface area contributed by atoms with E-state index in [1.807, 2.05) is 53.2 Å². The number of benzene rings is 1. The number of anilines is 1. The van der Waals surface area contributed by atoms with Crippen LogP contribution in [0.3, 0.4) is 0 Å². The third-order valence-corrected chi connectivity index (χ3v) is 5.32. The van der Waals surface area contributed by atoms with Crippen LogP contribution in [0.25, 0.3) is 16.5 Å². The van der Waals surface area contributed by atoms with Gasteiger partial charge < -0.3 is 10.1 Å². The van der Waals surface area contributed by atoms with Crippen LogP contribution >= 0.6 is 22.7 Å². The van der Waals surface area contributed by atoms with E-state index in [1.165, 1.54) is 28.7 Å². The Morgan fingerprint density at radius 2 is 1.92 bits per heavy atom. The Labute approximate surface area is 159 Å². The number of amides is 1. The van der Waals surface area contributed by atoms with E-state index < -0.39 is 5.97 Å². The number of hydrogen-bond donors (Lipinski definition) is 1. The van der Waals surface area contributed by atoms with Crippen LogP contribution in [0.5, 0.6) is 0 Å². The van der Waals surface area contributed by atoms with Crippen LogP contribution in [0.1, 0.15) is 22.8 Å². The quantitative estimate of drug-likeness (QED) is 0.464. The van der Waals surface area contributed by atoms with Crippen molar-refractivity contribution in [2.75, 3.05) is 11.9 Å². The van der Waals surface area contributed by atoms with Gasteiger partial charge in [-0.05, 0) is 30.0 Å². The molecule has 3 aromatic rings. The Morgan fingerprint density at radius 1 is 1.12 bits per heavy atom. The molecule has 0 saturated heterocycles. The van der Waals surface area contributed by atoms with Crippen molar-refractivity contribution in [3.05, 3.63) is 70.4 Å². The second-order valence-corrected chi connectivity index (χ2v) is 7.11. The van der Waals surface area contributed by atoms with Gasteiger partial charge in [-0.25, -0.2) is 4.79 Å². The summed E-state index contributed by atoms with van der Waals surface area (Å²) < 4.78 is 5.18. The van der Waals surface area contributed by atoms with Gasteiger partial charge in [-0.2, -0.15) is 0 Å². The SMILES string of the molecule is CCOC(=O)c1c(-c2cccs2)csc1NC(=O)C=Cc1ccccc1. The second kappa shape index (κ2) is 8.60. The van der Waals surface area contributed by atoms with Gasteiger partial charge in [0.2, 0.25) is 5.91 Å². The van der Waals surface area contributed by atoms with Gasteiger partial charge in [0, 0.05) is 21.9 Å². The zero-order valence-electron chi connectivity index (χ0n) is 14.1. The molecule has 132 valence electrons. The molecule has 2 heterocycles. The van der Waals surface area contributed by atoms with Crippen molar-refractivity contribution in [1.82, 2.24) is 0 Å². The van der Waals surface area contributed by atoms with Crippen LogP contribution in [0.2, 0.25) is 0 Å². The van der Waals surface area contributed by atoms with Gasteiger partial charge in [0.15, 0.2) is 0 Å². The standard InChI is InChI=1S/C20H17NO3S2/c1-2-24-20(23)18-15(16-9-6-12-25-16)13-26-19(18)21-17(22)11-10-14-7-4-3-5-8-14/h3-13H,2H2,1H3,(H,21,22). The van der Waals surface area contributed by atoms with E-state index >= 15 is 0 Å². The first-order valence-corrected chi connectivity index (χ1v) is 9.81. The maximum atomic E-state index is 12.4. The van der Waals surface area contributed by atoms with Gasteiger partial charge in [0.05, 0.1) is 6.61 Å². The average Bonchev–Trinajstić information content (AvgIpc) is 3.30. The highest BCUT2D eigenvalue weighted by Crippen LogP contribution is 2.38. The van der Waals surface area contributed by atoms with E-state index in [0.29, 0.717) is 10.6 Å². The Morgan fingerprint density at radius 3 is 2.62 bits per heavy atom. The maximum Gasteiger partial charge on any atom is 0.341 e. The largest absolute Gasteiger partial charge is 0.462 e. The number of ether oxygens (including phenoxy) is 1. The van der Waals surface area contributed by atoms with E-state index in [4.69, 9.17) is 4.74 Å². The molecule has 0 bridgehead atoms. The molecule has 1 aromatic carbocycles. The number of nitrogens with one attached hydrogen (secondary N) is 1. The first-order chi connectivity index (χ1) is 12.7. The summed E-state index contributed by atoms with van der Waals surface area (Å²) in [5.41, 5.74) is 2.12. The third kappa shape index (κ3) is 4.28. The highest BCUT2D eigenvalue weighted by Gasteiger charge is 2.22. The smallest absolute Gasteiger partial charge is 0.341 e. The maximum absolute atomic E-state index is 12.4. The van der Waals surface area contributed by atoms with Gasteiger partial charge in [0.25, 0.3) is 0 Å². The Bertz CT molecular complexity index is 912. The molecule has 0 saturated carbocycles. The summed E-state index contributed by atoms with van der Waals surface area (Å²) in [6.07, 6.45) is 3.18. The molecule has 2 aromatic heterocycles. The van der Waals surface area contributed by atoms with Gasteiger partial charge in [-0.3, -0.25) is 4.79 Å². The van der Waals surface area contributed by atoms with E-state index in [2.05, 4.69) is 5.32 Å². The lowest BCUT2D eigenvalue weighted by Gasteiger charge is -2.06. The van der Waals surface area contributed by atoms with Gasteiger partial charge >= 0.3 is 5.97 Å². The molecule has 3 rings (SSSR count). The van der Waals surface area contributed by atoms with Crippen LogP contribution in [0.15, 0.2) is 59.3 Å². The molecular formula is C20H17NO3S2. The van der Waals surface area contributed by atoms with Crippen molar-refractivity contribution in [2.45, 2.75) is 6.92 Å². The number of carbonyl (C=O) groups is 2. The average molecular weight is 383 g/mol. The minimum atomic E-state index is -0.431. The van der Waals surface area contributed by atoms with Gasteiger partial charge in [-0.1, -0.05) is 36.4 Å². The fraction of sp³-hybridized carbons (Fsp3) is 0.100. The zero-order chi connectivity index (χ0) is 18.4. The molecule has 0 aliphatic heterocycles. The fourth-order valence-corrected chi connectivity index (χ4v) is 4.13. The van der Waals surface area contributed by atoms with Crippen LogP contribution in [-0.2, 0) is 9.53 Å². The number of rotatable bonds is 6. The van der Waals surface area contributed by atoms with Crippen LogP contribution in [0, 0.1) is 0 Å². The molecule has 0 aliphatic carbocycles. The number of thiophene rings is 2. The lowest BCUT2D eigenvalue weighted by Crippen LogP contribution is -2.12. The number of hydrogen-bond acceptors (Lipinski definition) is 5. The molecule has 0 unspecified atom stereocenters. The predicted molar refractivity (Wildman–Crippen MR) is 108 cm³/mol. The molecule has 26 heavy (non-hydrogen) atoms. The van der Waals surface area contributed by atoms with Crippen molar-refractivity contribution in [3.63, 3.8) is 0 Å². The van der Waals surface area contributed by atoms with Crippen molar-refractivity contribution in [3.8, 4) is 10.4 Å². The van der Waals surface area contributed by atoms with Crippen LogP contribution in [-0.4, -0.2) is 18.5 Å². The minimum absolute atomic E-state index is 0.278. The molecular weight excluding hydrogens is 366 g/mol. The molecule has 1 N–H and O–H groups in total. The van der Waals surface area contributed by atoms with E-state index in [0.717, 1.165) is 16.0 Å². The van der Waals surface area contributed by atoms with Gasteiger partial charge in [-0.15, -0.1) is 22.7 Å². The molecule has 0 spiro atoms. The van der Waals surface area contributed by atoms with E-state index in [-0.39, 0.29) is 12.5 Å². The monoisotopic (exact) mass is 383 g/mol. The Kier molecular flexibility index (Phi) is 5.99. The summed E-state index contributed by atoms with van der Waals surface area (Å²) >= 11 is 2.86. The highest BCUT2D eigenvalue weighted by molar-refractivity contribution is 7.17.